The Morgan fingerprint density at radius 3 is 2.80 bits per heavy atom. The first-order valence-electron chi connectivity index (χ1n) is 5.94. The van der Waals surface area contributed by atoms with Crippen LogP contribution >= 0.6 is 11.8 Å². The predicted molar refractivity (Wildman–Crippen MR) is 80.0 cm³/mol. The lowest BCUT2D eigenvalue weighted by molar-refractivity contribution is 0.300. The van der Waals surface area contributed by atoms with E-state index in [0.717, 1.165) is 0 Å². The van der Waals surface area contributed by atoms with Gasteiger partial charge in [0.15, 0.2) is 15.7 Å². The van der Waals surface area contributed by atoms with Crippen LogP contribution in [0, 0.1) is 0 Å². The number of aliphatic hydroxyl groups excluding tert-OH is 1. The maximum atomic E-state index is 12.1. The second-order valence-corrected chi connectivity index (χ2v) is 7.85. The van der Waals surface area contributed by atoms with Crippen molar-refractivity contribution in [1.29, 1.82) is 0 Å². The van der Waals surface area contributed by atoms with E-state index in [2.05, 4.69) is 5.16 Å². The quantitative estimate of drug-likeness (QED) is 0.295. The van der Waals surface area contributed by atoms with Crippen molar-refractivity contribution in [2.24, 2.45) is 10.9 Å². The van der Waals surface area contributed by atoms with Gasteiger partial charge in [-0.15, -0.1) is 0 Å². The van der Waals surface area contributed by atoms with E-state index in [9.17, 15) is 8.42 Å². The second-order valence-electron chi connectivity index (χ2n) is 4.20. The Morgan fingerprint density at radius 2 is 2.20 bits per heavy atom. The van der Waals surface area contributed by atoms with Gasteiger partial charge in [-0.2, -0.15) is 11.8 Å². The van der Waals surface area contributed by atoms with Crippen LogP contribution in [0.3, 0.4) is 0 Å². The largest absolute Gasteiger partial charge is 0.409 e. The number of hydrogen-bond acceptors (Lipinski definition) is 6. The van der Waals surface area contributed by atoms with Crippen molar-refractivity contribution in [2.75, 3.05) is 18.1 Å². The Balaban J connectivity index is 2.82. The van der Waals surface area contributed by atoms with Gasteiger partial charge in [0.1, 0.15) is 0 Å². The summed E-state index contributed by atoms with van der Waals surface area (Å²) in [7, 11) is -3.42. The van der Waals surface area contributed by atoms with Crippen LogP contribution in [0.5, 0.6) is 0 Å². The fraction of sp³-hybridized carbons (Fsp3) is 0.417. The zero-order valence-electron chi connectivity index (χ0n) is 11.1. The Morgan fingerprint density at radius 1 is 1.50 bits per heavy atom. The molecule has 0 radical (unpaired) electrons. The molecule has 20 heavy (non-hydrogen) atoms. The van der Waals surface area contributed by atoms with Crippen molar-refractivity contribution >= 4 is 27.4 Å². The molecular weight excluding hydrogens is 300 g/mol. The summed E-state index contributed by atoms with van der Waals surface area (Å²) in [5.74, 6) is 0.241. The van der Waals surface area contributed by atoms with Crippen LogP contribution in [-0.4, -0.2) is 47.9 Å². The highest BCUT2D eigenvalue weighted by molar-refractivity contribution is 8.01. The van der Waals surface area contributed by atoms with Crippen LogP contribution in [0.1, 0.15) is 12.5 Å². The van der Waals surface area contributed by atoms with Gasteiger partial charge >= 0.3 is 0 Å². The molecule has 0 aliphatic carbocycles. The third-order valence-corrected chi connectivity index (χ3v) is 5.74. The lowest BCUT2D eigenvalue weighted by Crippen LogP contribution is -2.15. The summed E-state index contributed by atoms with van der Waals surface area (Å²) in [6.45, 7) is 1.85. The monoisotopic (exact) mass is 318 g/mol. The fourth-order valence-electron chi connectivity index (χ4n) is 1.44. The standard InChI is InChI=1S/C12H18N2O4S2/c1-9(8-15)19-5-6-20(17,18)11-4-2-3-10(7-11)12(13)14-16/h2-4,7,9,15-16H,5-6,8H2,1H3,(H2,13,14). The highest BCUT2D eigenvalue weighted by atomic mass is 32.2. The number of sulfone groups is 1. The Labute approximate surface area is 122 Å². The molecule has 8 heteroatoms. The van der Waals surface area contributed by atoms with Gasteiger partial charge < -0.3 is 16.0 Å². The Kier molecular flexibility index (Phi) is 6.31. The molecule has 6 nitrogen and oxygen atoms in total. The molecule has 4 N–H and O–H groups in total. The lowest BCUT2D eigenvalue weighted by atomic mass is 10.2. The number of nitrogens with zero attached hydrogens (tertiary/aromatic N) is 1. The third-order valence-electron chi connectivity index (χ3n) is 2.61. The molecule has 112 valence electrons. The molecule has 0 aliphatic rings. The minimum atomic E-state index is -3.42. The highest BCUT2D eigenvalue weighted by Crippen LogP contribution is 2.16. The summed E-state index contributed by atoms with van der Waals surface area (Å²) in [4.78, 5) is 0.138. The van der Waals surface area contributed by atoms with Gasteiger partial charge in [0.25, 0.3) is 0 Å². The van der Waals surface area contributed by atoms with Crippen LogP contribution in [-0.2, 0) is 9.84 Å². The summed E-state index contributed by atoms with van der Waals surface area (Å²) in [5, 5.41) is 20.3. The van der Waals surface area contributed by atoms with E-state index in [0.29, 0.717) is 11.3 Å². The van der Waals surface area contributed by atoms with Crippen LogP contribution in [0.4, 0.5) is 0 Å². The first kappa shape index (κ1) is 16.8. The van der Waals surface area contributed by atoms with Crippen molar-refractivity contribution in [3.63, 3.8) is 0 Å². The molecule has 0 aliphatic heterocycles. The van der Waals surface area contributed by atoms with Crippen LogP contribution < -0.4 is 5.73 Å². The van der Waals surface area contributed by atoms with Gasteiger partial charge in [0.2, 0.25) is 0 Å². The zero-order chi connectivity index (χ0) is 15.2. The molecule has 0 spiro atoms. The molecule has 1 unspecified atom stereocenters. The van der Waals surface area contributed by atoms with Crippen LogP contribution in [0.25, 0.3) is 0 Å². The van der Waals surface area contributed by atoms with Crippen molar-refractivity contribution in [1.82, 2.24) is 0 Å². The minimum Gasteiger partial charge on any atom is -0.409 e. The van der Waals surface area contributed by atoms with Crippen molar-refractivity contribution in [2.45, 2.75) is 17.1 Å². The Bertz CT molecular complexity index is 573. The first-order chi connectivity index (χ1) is 9.40. The normalized spacial score (nSPS) is 14.2. The van der Waals surface area contributed by atoms with E-state index >= 15 is 0 Å². The van der Waals surface area contributed by atoms with Gasteiger partial charge in [-0.1, -0.05) is 24.2 Å². The van der Waals surface area contributed by atoms with Gasteiger partial charge in [-0.25, -0.2) is 8.42 Å². The Hall–Kier alpha value is -1.25. The van der Waals surface area contributed by atoms with Gasteiger partial charge in [0, 0.05) is 16.6 Å². The number of thioether (sulfide) groups is 1. The molecule has 0 heterocycles. The van der Waals surface area contributed by atoms with Gasteiger partial charge in [0.05, 0.1) is 17.3 Å². The van der Waals surface area contributed by atoms with Gasteiger partial charge in [-0.3, -0.25) is 0 Å². The predicted octanol–water partition coefficient (Wildman–Crippen LogP) is 0.669. The summed E-state index contributed by atoms with van der Waals surface area (Å²) >= 11 is 1.40. The molecule has 0 amide bonds. The zero-order valence-corrected chi connectivity index (χ0v) is 12.7. The van der Waals surface area contributed by atoms with Crippen molar-refractivity contribution in [3.05, 3.63) is 29.8 Å². The third kappa shape index (κ3) is 4.69. The number of hydrogen-bond donors (Lipinski definition) is 3. The first-order valence-corrected chi connectivity index (χ1v) is 8.64. The number of nitrogens with two attached hydrogens (primary N) is 1. The number of benzene rings is 1. The SMILES string of the molecule is CC(CO)SCCS(=O)(=O)c1cccc(/C(N)=N/O)c1. The molecule has 1 rings (SSSR count). The number of amidine groups is 1. The maximum Gasteiger partial charge on any atom is 0.179 e. The minimum absolute atomic E-state index is 0.00806. The molecule has 0 fully saturated rings. The molecule has 1 aromatic carbocycles. The summed E-state index contributed by atoms with van der Waals surface area (Å²) < 4.78 is 24.3. The van der Waals surface area contributed by atoms with Crippen LogP contribution in [0.15, 0.2) is 34.3 Å². The number of rotatable bonds is 7. The van der Waals surface area contributed by atoms with Crippen LogP contribution in [0.2, 0.25) is 0 Å². The van der Waals surface area contributed by atoms with Gasteiger partial charge in [-0.05, 0) is 12.1 Å². The van der Waals surface area contributed by atoms with Crippen molar-refractivity contribution < 1.29 is 18.7 Å². The van der Waals surface area contributed by atoms with E-state index in [1.807, 2.05) is 6.92 Å². The average molecular weight is 318 g/mol. The summed E-state index contributed by atoms with van der Waals surface area (Å²) in [6.07, 6.45) is 0. The molecule has 0 bridgehead atoms. The molecular formula is C12H18N2O4S2. The van der Waals surface area contributed by atoms with E-state index in [1.165, 1.54) is 23.9 Å². The average Bonchev–Trinajstić information content (AvgIpc) is 2.46. The van der Waals surface area contributed by atoms with E-state index < -0.39 is 9.84 Å². The van der Waals surface area contributed by atoms with E-state index in [-0.39, 0.29) is 28.3 Å². The summed E-state index contributed by atoms with van der Waals surface area (Å²) in [6, 6.07) is 5.97. The molecule has 0 saturated heterocycles. The smallest absolute Gasteiger partial charge is 0.179 e. The maximum absolute atomic E-state index is 12.1. The molecule has 0 saturated carbocycles. The topological polar surface area (TPSA) is 113 Å². The van der Waals surface area contributed by atoms with Crippen molar-refractivity contribution in [3.8, 4) is 0 Å². The molecule has 0 aromatic heterocycles. The van der Waals surface area contributed by atoms with E-state index in [1.54, 1.807) is 12.1 Å². The summed E-state index contributed by atoms with van der Waals surface area (Å²) in [5.41, 5.74) is 5.79. The number of oxime groups is 1. The second kappa shape index (κ2) is 7.51. The number of aliphatic hydroxyl groups is 1. The molecule has 1 aromatic rings. The highest BCUT2D eigenvalue weighted by Gasteiger charge is 2.16. The fourth-order valence-corrected chi connectivity index (χ4v) is 4.03. The lowest BCUT2D eigenvalue weighted by Gasteiger charge is -2.09. The van der Waals surface area contributed by atoms with E-state index in [4.69, 9.17) is 16.0 Å². The molecule has 1 atom stereocenters.